The number of hydrogen-bond donors (Lipinski definition) is 2. The summed E-state index contributed by atoms with van der Waals surface area (Å²) in [6, 6.07) is 7.07. The molecule has 0 atom stereocenters. The van der Waals surface area contributed by atoms with Crippen molar-refractivity contribution in [3.05, 3.63) is 47.9 Å². The van der Waals surface area contributed by atoms with Crippen molar-refractivity contribution in [2.75, 3.05) is 17.2 Å². The lowest BCUT2D eigenvalue weighted by Crippen LogP contribution is -2.13. The van der Waals surface area contributed by atoms with Crippen LogP contribution in [0.2, 0.25) is 0 Å². The van der Waals surface area contributed by atoms with E-state index in [1.54, 1.807) is 36.7 Å². The smallest absolute Gasteiger partial charge is 0.255 e. The van der Waals surface area contributed by atoms with E-state index < -0.39 is 0 Å². The van der Waals surface area contributed by atoms with Crippen LogP contribution in [0, 0.1) is 6.92 Å². The van der Waals surface area contributed by atoms with Crippen molar-refractivity contribution in [1.29, 1.82) is 0 Å². The molecule has 98 valence electrons. The Morgan fingerprint density at radius 2 is 2.21 bits per heavy atom. The number of nitrogens with one attached hydrogen (secondary N) is 2. The summed E-state index contributed by atoms with van der Waals surface area (Å²) >= 11 is 0. The Labute approximate surface area is 112 Å². The number of rotatable bonds is 4. The maximum atomic E-state index is 12.1. The van der Waals surface area contributed by atoms with E-state index in [9.17, 15) is 4.79 Å². The van der Waals surface area contributed by atoms with Crippen LogP contribution in [0.3, 0.4) is 0 Å². The summed E-state index contributed by atoms with van der Waals surface area (Å²) in [5.74, 6) is 0.538. The summed E-state index contributed by atoms with van der Waals surface area (Å²) in [5.41, 5.74) is 2.05. The van der Waals surface area contributed by atoms with Gasteiger partial charge < -0.3 is 10.6 Å². The van der Waals surface area contributed by atoms with Gasteiger partial charge in [-0.15, -0.1) is 0 Å². The molecule has 0 radical (unpaired) electrons. The highest BCUT2D eigenvalue weighted by atomic mass is 16.1. The van der Waals surface area contributed by atoms with Crippen LogP contribution in [0.4, 0.5) is 11.5 Å². The second kappa shape index (κ2) is 5.95. The number of hydrogen-bond acceptors (Lipinski definition) is 4. The Bertz CT molecular complexity index is 569. The zero-order chi connectivity index (χ0) is 13.7. The van der Waals surface area contributed by atoms with Gasteiger partial charge in [0.1, 0.15) is 5.82 Å². The molecule has 5 heteroatoms. The predicted molar refractivity (Wildman–Crippen MR) is 75.3 cm³/mol. The van der Waals surface area contributed by atoms with Gasteiger partial charge in [-0.05, 0) is 38.1 Å². The van der Waals surface area contributed by atoms with Gasteiger partial charge in [-0.3, -0.25) is 9.78 Å². The highest BCUT2D eigenvalue weighted by molar-refractivity contribution is 6.04. The molecule has 2 rings (SSSR count). The average molecular weight is 256 g/mol. The van der Waals surface area contributed by atoms with Crippen LogP contribution in [-0.2, 0) is 0 Å². The van der Waals surface area contributed by atoms with Crippen LogP contribution in [-0.4, -0.2) is 22.4 Å². The number of anilines is 2. The van der Waals surface area contributed by atoms with Crippen molar-refractivity contribution < 1.29 is 4.79 Å². The Hall–Kier alpha value is -2.43. The van der Waals surface area contributed by atoms with Crippen molar-refractivity contribution in [2.24, 2.45) is 0 Å². The fraction of sp³-hybridized carbons (Fsp3) is 0.214. The molecule has 5 nitrogen and oxygen atoms in total. The fourth-order valence-electron chi connectivity index (χ4n) is 1.71. The summed E-state index contributed by atoms with van der Waals surface area (Å²) in [5, 5.41) is 5.90. The summed E-state index contributed by atoms with van der Waals surface area (Å²) in [7, 11) is 0. The largest absolute Gasteiger partial charge is 0.370 e. The monoisotopic (exact) mass is 256 g/mol. The van der Waals surface area contributed by atoms with Crippen LogP contribution >= 0.6 is 0 Å². The molecule has 0 saturated carbocycles. The van der Waals surface area contributed by atoms with Crippen LogP contribution in [0.1, 0.15) is 23.0 Å². The van der Waals surface area contributed by atoms with E-state index in [1.165, 1.54) is 0 Å². The number of nitrogens with zero attached hydrogens (tertiary/aromatic N) is 2. The van der Waals surface area contributed by atoms with Gasteiger partial charge in [0.05, 0.1) is 11.9 Å². The number of aryl methyl sites for hydroxylation is 1. The van der Waals surface area contributed by atoms with Crippen LogP contribution < -0.4 is 10.6 Å². The van der Waals surface area contributed by atoms with Crippen molar-refractivity contribution in [2.45, 2.75) is 13.8 Å². The van der Waals surface area contributed by atoms with E-state index in [0.717, 1.165) is 12.2 Å². The summed E-state index contributed by atoms with van der Waals surface area (Å²) in [4.78, 5) is 20.4. The quantitative estimate of drug-likeness (QED) is 0.881. The maximum Gasteiger partial charge on any atom is 0.255 e. The molecule has 0 fully saturated rings. The van der Waals surface area contributed by atoms with E-state index in [-0.39, 0.29) is 5.91 Å². The zero-order valence-electron chi connectivity index (χ0n) is 11.0. The molecule has 0 unspecified atom stereocenters. The second-order valence-electron chi connectivity index (χ2n) is 4.11. The van der Waals surface area contributed by atoms with Crippen LogP contribution in [0.15, 0.2) is 36.7 Å². The number of carbonyl (C=O) groups is 1. The van der Waals surface area contributed by atoms with Gasteiger partial charge >= 0.3 is 0 Å². The number of amides is 1. The van der Waals surface area contributed by atoms with Crippen LogP contribution in [0.25, 0.3) is 0 Å². The van der Waals surface area contributed by atoms with E-state index in [0.29, 0.717) is 17.1 Å². The third kappa shape index (κ3) is 3.51. The molecule has 0 aromatic carbocycles. The third-order valence-corrected chi connectivity index (χ3v) is 2.49. The molecule has 0 spiro atoms. The minimum atomic E-state index is -0.169. The Balaban J connectivity index is 2.19. The number of aromatic nitrogens is 2. The second-order valence-corrected chi connectivity index (χ2v) is 4.11. The molecular weight excluding hydrogens is 240 g/mol. The Morgan fingerprint density at radius 3 is 2.89 bits per heavy atom. The van der Waals surface area contributed by atoms with Crippen molar-refractivity contribution in [3.63, 3.8) is 0 Å². The van der Waals surface area contributed by atoms with E-state index in [2.05, 4.69) is 20.6 Å². The standard InChI is InChI=1S/C14H16N4O/c1-3-16-13-8-11(7-10(2)17-13)14(19)18-12-5-4-6-15-9-12/h4-9H,3H2,1-2H3,(H,16,17)(H,18,19). The molecule has 0 aliphatic heterocycles. The molecule has 1 amide bonds. The summed E-state index contributed by atoms with van der Waals surface area (Å²) in [6.07, 6.45) is 3.27. The van der Waals surface area contributed by atoms with Gasteiger partial charge in [0, 0.05) is 24.0 Å². The van der Waals surface area contributed by atoms with Gasteiger partial charge in [0.15, 0.2) is 0 Å². The molecule has 19 heavy (non-hydrogen) atoms. The number of pyridine rings is 2. The minimum absolute atomic E-state index is 0.169. The van der Waals surface area contributed by atoms with Crippen molar-refractivity contribution >= 4 is 17.4 Å². The Kier molecular flexibility index (Phi) is 4.07. The first-order valence-corrected chi connectivity index (χ1v) is 6.13. The van der Waals surface area contributed by atoms with Gasteiger partial charge in [0.25, 0.3) is 5.91 Å². The predicted octanol–water partition coefficient (Wildman–Crippen LogP) is 2.47. The first kappa shape index (κ1) is 13.0. The van der Waals surface area contributed by atoms with Gasteiger partial charge in [-0.25, -0.2) is 4.98 Å². The molecule has 2 aromatic rings. The van der Waals surface area contributed by atoms with Crippen molar-refractivity contribution in [1.82, 2.24) is 9.97 Å². The first-order valence-electron chi connectivity index (χ1n) is 6.13. The maximum absolute atomic E-state index is 12.1. The highest BCUT2D eigenvalue weighted by Crippen LogP contribution is 2.12. The summed E-state index contributed by atoms with van der Waals surface area (Å²) in [6.45, 7) is 4.61. The highest BCUT2D eigenvalue weighted by Gasteiger charge is 2.08. The van der Waals surface area contributed by atoms with Gasteiger partial charge in [0.2, 0.25) is 0 Å². The third-order valence-electron chi connectivity index (χ3n) is 2.49. The lowest BCUT2D eigenvalue weighted by Gasteiger charge is -2.08. The molecule has 2 heterocycles. The number of carbonyl (C=O) groups excluding carboxylic acids is 1. The van der Waals surface area contributed by atoms with Crippen LogP contribution in [0.5, 0.6) is 0 Å². The molecule has 0 bridgehead atoms. The topological polar surface area (TPSA) is 66.9 Å². The molecule has 2 N–H and O–H groups in total. The normalized spacial score (nSPS) is 10.0. The minimum Gasteiger partial charge on any atom is -0.370 e. The lowest BCUT2D eigenvalue weighted by molar-refractivity contribution is 0.102. The first-order chi connectivity index (χ1) is 9.19. The summed E-state index contributed by atoms with van der Waals surface area (Å²) < 4.78 is 0. The average Bonchev–Trinajstić information content (AvgIpc) is 2.39. The molecule has 2 aromatic heterocycles. The fourth-order valence-corrected chi connectivity index (χ4v) is 1.71. The van der Waals surface area contributed by atoms with E-state index in [4.69, 9.17) is 0 Å². The van der Waals surface area contributed by atoms with E-state index >= 15 is 0 Å². The van der Waals surface area contributed by atoms with E-state index in [1.807, 2.05) is 13.8 Å². The van der Waals surface area contributed by atoms with Gasteiger partial charge in [-0.1, -0.05) is 0 Å². The molecule has 0 aliphatic rings. The Morgan fingerprint density at radius 1 is 1.37 bits per heavy atom. The lowest BCUT2D eigenvalue weighted by atomic mass is 10.2. The zero-order valence-corrected chi connectivity index (χ0v) is 11.0. The van der Waals surface area contributed by atoms with Crippen molar-refractivity contribution in [3.8, 4) is 0 Å². The SMILES string of the molecule is CCNc1cc(C(=O)Nc2cccnc2)cc(C)n1. The molecule has 0 aliphatic carbocycles. The molecule has 0 saturated heterocycles. The molecular formula is C14H16N4O. The van der Waals surface area contributed by atoms with Gasteiger partial charge in [-0.2, -0.15) is 0 Å².